The maximum Gasteiger partial charge on any atom is 0.409 e. The lowest BCUT2D eigenvalue weighted by molar-refractivity contribution is -0.328. The average Bonchev–Trinajstić information content (AvgIpc) is 2.22. The highest BCUT2D eigenvalue weighted by molar-refractivity contribution is 5.81. The van der Waals surface area contributed by atoms with E-state index in [1.54, 1.807) is 0 Å². The van der Waals surface area contributed by atoms with E-state index in [4.69, 9.17) is 5.11 Å². The number of amides is 1. The maximum absolute atomic E-state index is 13.0. The van der Waals surface area contributed by atoms with E-state index in [9.17, 15) is 35.9 Å². The van der Waals surface area contributed by atoms with E-state index in [-0.39, 0.29) is 0 Å². The molecule has 0 aromatic rings. The second-order valence-corrected chi connectivity index (χ2v) is 5.49. The van der Waals surface area contributed by atoms with E-state index in [0.29, 0.717) is 0 Å². The minimum Gasteiger partial charge on any atom is -0.480 e. The van der Waals surface area contributed by atoms with Crippen molar-refractivity contribution < 1.29 is 45.8 Å². The van der Waals surface area contributed by atoms with Crippen molar-refractivity contribution in [1.29, 1.82) is 0 Å². The SMILES string of the molecule is C=CC(C(NC(=O)OC(C)(C)C)C(=O)O)(C(F)(F)F)C(F)(F)F. The third-order valence-corrected chi connectivity index (χ3v) is 2.62. The Morgan fingerprint density at radius 2 is 1.48 bits per heavy atom. The lowest BCUT2D eigenvalue weighted by Gasteiger charge is -2.39. The van der Waals surface area contributed by atoms with Crippen molar-refractivity contribution in [2.75, 3.05) is 0 Å². The molecule has 1 amide bonds. The molecule has 0 saturated carbocycles. The Morgan fingerprint density at radius 1 is 1.09 bits per heavy atom. The largest absolute Gasteiger partial charge is 0.480 e. The van der Waals surface area contributed by atoms with E-state index in [2.05, 4.69) is 11.3 Å². The summed E-state index contributed by atoms with van der Waals surface area (Å²) in [4.78, 5) is 22.4. The van der Waals surface area contributed by atoms with E-state index in [1.165, 1.54) is 20.8 Å². The standard InChI is InChI=1S/C12H15F6NO4/c1-5-10(11(13,14)15,12(16,17)18)6(7(20)21)19-8(22)23-9(2,3)4/h5-6H,1H2,2-4H3,(H,19,22)(H,20,21). The second kappa shape index (κ2) is 6.28. The monoisotopic (exact) mass is 351 g/mol. The van der Waals surface area contributed by atoms with Crippen LogP contribution in [0, 0.1) is 5.41 Å². The summed E-state index contributed by atoms with van der Waals surface area (Å²) < 4.78 is 82.6. The number of carboxylic acids is 1. The molecule has 23 heavy (non-hydrogen) atoms. The highest BCUT2D eigenvalue weighted by Crippen LogP contribution is 2.53. The van der Waals surface area contributed by atoms with Gasteiger partial charge >= 0.3 is 24.4 Å². The highest BCUT2D eigenvalue weighted by atomic mass is 19.4. The van der Waals surface area contributed by atoms with Crippen LogP contribution in [0.4, 0.5) is 31.1 Å². The van der Waals surface area contributed by atoms with Gasteiger partial charge in [0.2, 0.25) is 5.41 Å². The summed E-state index contributed by atoms with van der Waals surface area (Å²) in [5, 5.41) is 9.90. The number of carboxylic acid groups (broad SMARTS) is 1. The summed E-state index contributed by atoms with van der Waals surface area (Å²) in [5.41, 5.74) is -6.15. The molecule has 0 aliphatic rings. The van der Waals surface area contributed by atoms with Gasteiger partial charge in [0, 0.05) is 0 Å². The van der Waals surface area contributed by atoms with Gasteiger partial charge in [-0.3, -0.25) is 0 Å². The molecule has 0 aromatic heterocycles. The van der Waals surface area contributed by atoms with Gasteiger partial charge in [-0.2, -0.15) is 26.3 Å². The molecule has 0 aromatic carbocycles. The molecule has 0 saturated heterocycles. The Labute approximate surface area is 127 Å². The van der Waals surface area contributed by atoms with Crippen LogP contribution in [-0.2, 0) is 9.53 Å². The van der Waals surface area contributed by atoms with Crippen molar-refractivity contribution in [2.45, 2.75) is 44.8 Å². The quantitative estimate of drug-likeness (QED) is 0.602. The van der Waals surface area contributed by atoms with Gasteiger partial charge in [0.1, 0.15) is 5.60 Å². The van der Waals surface area contributed by atoms with Gasteiger partial charge in [0.15, 0.2) is 6.04 Å². The molecule has 0 radical (unpaired) electrons. The van der Waals surface area contributed by atoms with Crippen LogP contribution >= 0.6 is 0 Å². The van der Waals surface area contributed by atoms with Gasteiger partial charge in [-0.1, -0.05) is 6.08 Å². The molecule has 5 nitrogen and oxygen atoms in total. The minimum atomic E-state index is -6.08. The number of rotatable bonds is 4. The van der Waals surface area contributed by atoms with Crippen LogP contribution in [0.3, 0.4) is 0 Å². The van der Waals surface area contributed by atoms with Crippen molar-refractivity contribution in [2.24, 2.45) is 5.41 Å². The Hall–Kier alpha value is -1.94. The summed E-state index contributed by atoms with van der Waals surface area (Å²) in [7, 11) is 0. The number of aliphatic carboxylic acids is 1. The van der Waals surface area contributed by atoms with Crippen molar-refractivity contribution in [3.63, 3.8) is 0 Å². The highest BCUT2D eigenvalue weighted by Gasteiger charge is 2.74. The first kappa shape index (κ1) is 21.1. The number of alkyl carbamates (subject to hydrolysis) is 1. The van der Waals surface area contributed by atoms with Gasteiger partial charge in [-0.25, -0.2) is 9.59 Å². The zero-order chi connectivity index (χ0) is 18.9. The molecular weight excluding hydrogens is 336 g/mol. The molecule has 0 aliphatic carbocycles. The lowest BCUT2D eigenvalue weighted by atomic mass is 9.78. The molecule has 1 atom stereocenters. The van der Waals surface area contributed by atoms with Gasteiger partial charge in [-0.15, -0.1) is 6.58 Å². The molecule has 0 spiro atoms. The van der Waals surface area contributed by atoms with Crippen LogP contribution in [0.15, 0.2) is 12.7 Å². The van der Waals surface area contributed by atoms with Gasteiger partial charge in [0.25, 0.3) is 0 Å². The number of ether oxygens (including phenoxy) is 1. The first-order chi connectivity index (χ1) is 9.99. The fraction of sp³-hybridized carbons (Fsp3) is 0.667. The number of hydrogen-bond donors (Lipinski definition) is 2. The second-order valence-electron chi connectivity index (χ2n) is 5.49. The molecule has 0 fully saturated rings. The number of hydrogen-bond acceptors (Lipinski definition) is 3. The van der Waals surface area contributed by atoms with Crippen molar-refractivity contribution >= 4 is 12.1 Å². The molecule has 0 bridgehead atoms. The molecule has 0 rings (SSSR count). The third-order valence-electron chi connectivity index (χ3n) is 2.62. The normalized spacial score (nSPS) is 14.8. The fourth-order valence-electron chi connectivity index (χ4n) is 1.63. The zero-order valence-corrected chi connectivity index (χ0v) is 12.3. The molecule has 0 heterocycles. The first-order valence-electron chi connectivity index (χ1n) is 5.99. The maximum atomic E-state index is 13.0. The Bertz CT molecular complexity index is 463. The van der Waals surface area contributed by atoms with E-state index < -0.39 is 47.5 Å². The predicted molar refractivity (Wildman–Crippen MR) is 65.5 cm³/mol. The van der Waals surface area contributed by atoms with E-state index >= 15 is 0 Å². The Kier molecular flexibility index (Phi) is 5.75. The van der Waals surface area contributed by atoms with Gasteiger partial charge in [0.05, 0.1) is 0 Å². The van der Waals surface area contributed by atoms with Crippen LogP contribution < -0.4 is 5.32 Å². The lowest BCUT2D eigenvalue weighted by Crippen LogP contribution is -2.64. The summed E-state index contributed by atoms with van der Waals surface area (Å²) in [6.07, 6.45) is -14.5. The number of nitrogens with one attached hydrogen (secondary N) is 1. The van der Waals surface area contributed by atoms with Crippen molar-refractivity contribution in [3.8, 4) is 0 Å². The molecule has 1 unspecified atom stereocenters. The van der Waals surface area contributed by atoms with Crippen LogP contribution in [0.1, 0.15) is 20.8 Å². The van der Waals surface area contributed by atoms with Gasteiger partial charge < -0.3 is 15.2 Å². The molecule has 2 N–H and O–H groups in total. The molecular formula is C12H15F6NO4. The molecule has 0 aliphatic heterocycles. The molecule has 11 heteroatoms. The number of halogens is 6. The predicted octanol–water partition coefficient (Wildman–Crippen LogP) is 3.26. The average molecular weight is 351 g/mol. The third kappa shape index (κ3) is 4.52. The Morgan fingerprint density at radius 3 is 1.70 bits per heavy atom. The van der Waals surface area contributed by atoms with E-state index in [1.807, 2.05) is 0 Å². The summed E-state index contributed by atoms with van der Waals surface area (Å²) >= 11 is 0. The fourth-order valence-corrected chi connectivity index (χ4v) is 1.63. The smallest absolute Gasteiger partial charge is 0.409 e. The summed E-state index contributed by atoms with van der Waals surface area (Å²) in [6.45, 7) is 6.32. The van der Waals surface area contributed by atoms with Crippen LogP contribution in [0.5, 0.6) is 0 Å². The minimum absolute atomic E-state index is 0.594. The van der Waals surface area contributed by atoms with Crippen LogP contribution in [0.25, 0.3) is 0 Å². The van der Waals surface area contributed by atoms with Crippen LogP contribution in [0.2, 0.25) is 0 Å². The first-order valence-corrected chi connectivity index (χ1v) is 5.99. The zero-order valence-electron chi connectivity index (χ0n) is 12.3. The topological polar surface area (TPSA) is 75.6 Å². The molecule has 134 valence electrons. The van der Waals surface area contributed by atoms with Gasteiger partial charge in [-0.05, 0) is 20.8 Å². The van der Waals surface area contributed by atoms with E-state index in [0.717, 1.165) is 5.32 Å². The summed E-state index contributed by atoms with van der Waals surface area (Å²) in [6, 6.07) is -3.41. The van der Waals surface area contributed by atoms with Crippen molar-refractivity contribution in [1.82, 2.24) is 5.32 Å². The van der Waals surface area contributed by atoms with Crippen molar-refractivity contribution in [3.05, 3.63) is 12.7 Å². The van der Waals surface area contributed by atoms with Crippen LogP contribution in [-0.4, -0.2) is 41.2 Å². The number of alkyl halides is 6. The Balaban J connectivity index is 6.01. The summed E-state index contributed by atoms with van der Waals surface area (Å²) in [5.74, 6) is -2.55. The number of carbonyl (C=O) groups is 2. The number of carbonyl (C=O) groups excluding carboxylic acids is 1.